The molecule has 3 nitrogen and oxygen atoms in total. The van der Waals surface area contributed by atoms with E-state index in [0.29, 0.717) is 6.04 Å². The maximum Gasteiger partial charge on any atom is 0.0960 e. The van der Waals surface area contributed by atoms with Gasteiger partial charge in [-0.15, -0.1) is 11.8 Å². The smallest absolute Gasteiger partial charge is 0.0960 e. The van der Waals surface area contributed by atoms with E-state index in [9.17, 15) is 0 Å². The number of nitrogens with zero attached hydrogens (tertiary/aromatic N) is 1. The van der Waals surface area contributed by atoms with Gasteiger partial charge in [0, 0.05) is 31.6 Å². The van der Waals surface area contributed by atoms with E-state index in [1.54, 1.807) is 18.9 Å². The topological polar surface area (TPSA) is 34.1 Å². The summed E-state index contributed by atoms with van der Waals surface area (Å²) in [7, 11) is 1.72. The highest BCUT2D eigenvalue weighted by molar-refractivity contribution is 7.99. The van der Waals surface area contributed by atoms with Gasteiger partial charge in [-0.3, -0.25) is 0 Å². The van der Waals surface area contributed by atoms with Crippen molar-refractivity contribution >= 4 is 11.8 Å². The molecular weight excluding hydrogens is 208 g/mol. The molecule has 15 heavy (non-hydrogen) atoms. The summed E-state index contributed by atoms with van der Waals surface area (Å²) in [5, 5.41) is 4.46. The van der Waals surface area contributed by atoms with Crippen LogP contribution < -0.4 is 5.32 Å². The van der Waals surface area contributed by atoms with Crippen molar-refractivity contribution in [2.75, 3.05) is 26.0 Å². The van der Waals surface area contributed by atoms with Gasteiger partial charge in [-0.1, -0.05) is 6.07 Å². The Morgan fingerprint density at radius 3 is 3.07 bits per heavy atom. The molecular formula is C11H18N2OS. The molecule has 4 heteroatoms. The van der Waals surface area contributed by atoms with Gasteiger partial charge in [0.1, 0.15) is 0 Å². The number of thioether (sulfide) groups is 1. The fourth-order valence-electron chi connectivity index (χ4n) is 1.20. The summed E-state index contributed by atoms with van der Waals surface area (Å²) in [6.45, 7) is 3.86. The Morgan fingerprint density at radius 2 is 2.40 bits per heavy atom. The van der Waals surface area contributed by atoms with E-state index in [1.165, 1.54) is 0 Å². The lowest BCUT2D eigenvalue weighted by atomic mass is 10.4. The first-order chi connectivity index (χ1) is 7.33. The Kier molecular flexibility index (Phi) is 6.39. The number of methoxy groups -OCH3 is 1. The second kappa shape index (κ2) is 7.68. The molecule has 0 aliphatic rings. The molecule has 0 radical (unpaired) electrons. The van der Waals surface area contributed by atoms with E-state index in [-0.39, 0.29) is 0 Å². The first kappa shape index (κ1) is 12.5. The van der Waals surface area contributed by atoms with Crippen LogP contribution in [0.5, 0.6) is 0 Å². The van der Waals surface area contributed by atoms with E-state index in [1.807, 2.05) is 24.4 Å². The lowest BCUT2D eigenvalue weighted by Gasteiger charge is -2.11. The number of nitrogens with one attached hydrogen (secondary N) is 1. The van der Waals surface area contributed by atoms with Gasteiger partial charge in [0.2, 0.25) is 0 Å². The maximum atomic E-state index is 5.04. The zero-order valence-electron chi connectivity index (χ0n) is 9.27. The summed E-state index contributed by atoms with van der Waals surface area (Å²) in [5.41, 5.74) is 0. The minimum absolute atomic E-state index is 0.416. The lowest BCUT2D eigenvalue weighted by molar-refractivity contribution is 0.173. The zero-order valence-corrected chi connectivity index (χ0v) is 10.1. The molecule has 1 aromatic rings. The van der Waals surface area contributed by atoms with Gasteiger partial charge in [-0.2, -0.15) is 0 Å². The number of hydrogen-bond donors (Lipinski definition) is 1. The minimum atomic E-state index is 0.416. The van der Waals surface area contributed by atoms with Crippen LogP contribution in [-0.4, -0.2) is 37.0 Å². The van der Waals surface area contributed by atoms with E-state index >= 15 is 0 Å². The first-order valence-corrected chi connectivity index (χ1v) is 6.07. The van der Waals surface area contributed by atoms with E-state index < -0.39 is 0 Å². The van der Waals surface area contributed by atoms with Gasteiger partial charge >= 0.3 is 0 Å². The van der Waals surface area contributed by atoms with Gasteiger partial charge < -0.3 is 10.1 Å². The Labute approximate surface area is 95.6 Å². The van der Waals surface area contributed by atoms with Crippen molar-refractivity contribution in [1.82, 2.24) is 10.3 Å². The number of ether oxygens (including phenoxy) is 1. The quantitative estimate of drug-likeness (QED) is 0.568. The van der Waals surface area contributed by atoms with Gasteiger partial charge in [0.25, 0.3) is 0 Å². The highest BCUT2D eigenvalue weighted by Crippen LogP contribution is 2.12. The SMILES string of the molecule is COCC(C)NCCSc1ccccn1. The Hall–Kier alpha value is -0.580. The van der Waals surface area contributed by atoms with Crippen LogP contribution in [0.25, 0.3) is 0 Å². The molecule has 0 bridgehead atoms. The average molecular weight is 226 g/mol. The number of rotatable bonds is 7. The largest absolute Gasteiger partial charge is 0.383 e. The van der Waals surface area contributed by atoms with Crippen LogP contribution in [0.4, 0.5) is 0 Å². The van der Waals surface area contributed by atoms with Crippen molar-refractivity contribution in [1.29, 1.82) is 0 Å². The molecule has 1 aromatic heterocycles. The summed E-state index contributed by atoms with van der Waals surface area (Å²) in [6, 6.07) is 6.39. The first-order valence-electron chi connectivity index (χ1n) is 5.09. The third kappa shape index (κ3) is 5.77. The molecule has 1 atom stereocenters. The highest BCUT2D eigenvalue weighted by atomic mass is 32.2. The zero-order chi connectivity index (χ0) is 10.9. The van der Waals surface area contributed by atoms with E-state index in [0.717, 1.165) is 23.9 Å². The van der Waals surface area contributed by atoms with Crippen molar-refractivity contribution in [3.05, 3.63) is 24.4 Å². The monoisotopic (exact) mass is 226 g/mol. The Morgan fingerprint density at radius 1 is 1.53 bits per heavy atom. The second-order valence-electron chi connectivity index (χ2n) is 3.33. The fourth-order valence-corrected chi connectivity index (χ4v) is 1.94. The van der Waals surface area contributed by atoms with Crippen molar-refractivity contribution in [3.8, 4) is 0 Å². The van der Waals surface area contributed by atoms with E-state index in [2.05, 4.69) is 17.2 Å². The predicted octanol–water partition coefficient (Wildman–Crippen LogP) is 1.80. The molecule has 0 saturated heterocycles. The summed E-state index contributed by atoms with van der Waals surface area (Å²) < 4.78 is 5.04. The van der Waals surface area contributed by atoms with Crippen LogP contribution in [0.3, 0.4) is 0 Å². The minimum Gasteiger partial charge on any atom is -0.383 e. The van der Waals surface area contributed by atoms with Crippen LogP contribution in [0.1, 0.15) is 6.92 Å². The number of hydrogen-bond acceptors (Lipinski definition) is 4. The second-order valence-corrected chi connectivity index (χ2v) is 4.44. The molecule has 1 unspecified atom stereocenters. The average Bonchev–Trinajstić information content (AvgIpc) is 2.26. The van der Waals surface area contributed by atoms with Crippen molar-refractivity contribution in [2.45, 2.75) is 18.0 Å². The number of aromatic nitrogens is 1. The third-order valence-electron chi connectivity index (χ3n) is 1.90. The molecule has 1 heterocycles. The standard InChI is InChI=1S/C11H18N2OS/c1-10(9-14-2)12-7-8-15-11-5-3-4-6-13-11/h3-6,10,12H,7-9H2,1-2H3. The summed E-state index contributed by atoms with van der Waals surface area (Å²) >= 11 is 1.77. The molecule has 0 aliphatic carbocycles. The van der Waals surface area contributed by atoms with Crippen LogP contribution in [-0.2, 0) is 4.74 Å². The summed E-state index contributed by atoms with van der Waals surface area (Å²) in [5.74, 6) is 1.03. The normalized spacial score (nSPS) is 12.7. The fraction of sp³-hybridized carbons (Fsp3) is 0.545. The summed E-state index contributed by atoms with van der Waals surface area (Å²) in [4.78, 5) is 4.24. The molecule has 0 spiro atoms. The van der Waals surface area contributed by atoms with Crippen LogP contribution in [0, 0.1) is 0 Å². The van der Waals surface area contributed by atoms with Crippen molar-refractivity contribution in [2.24, 2.45) is 0 Å². The molecule has 84 valence electrons. The highest BCUT2D eigenvalue weighted by Gasteiger charge is 1.99. The number of pyridine rings is 1. The lowest BCUT2D eigenvalue weighted by Crippen LogP contribution is -2.31. The van der Waals surface area contributed by atoms with E-state index in [4.69, 9.17) is 4.74 Å². The summed E-state index contributed by atoms with van der Waals surface area (Å²) in [6.07, 6.45) is 1.82. The van der Waals surface area contributed by atoms with Crippen LogP contribution in [0.2, 0.25) is 0 Å². The van der Waals surface area contributed by atoms with Gasteiger partial charge in [-0.25, -0.2) is 4.98 Å². The molecule has 0 aliphatic heterocycles. The molecule has 0 amide bonds. The van der Waals surface area contributed by atoms with Gasteiger partial charge in [0.15, 0.2) is 0 Å². The van der Waals surface area contributed by atoms with Crippen LogP contribution >= 0.6 is 11.8 Å². The molecule has 0 aromatic carbocycles. The van der Waals surface area contributed by atoms with Crippen LogP contribution in [0.15, 0.2) is 29.4 Å². The Balaban J connectivity index is 2.07. The molecule has 0 saturated carbocycles. The maximum absolute atomic E-state index is 5.04. The Bertz CT molecular complexity index is 256. The molecule has 0 fully saturated rings. The van der Waals surface area contributed by atoms with Crippen molar-refractivity contribution < 1.29 is 4.74 Å². The molecule has 1 rings (SSSR count). The third-order valence-corrected chi connectivity index (χ3v) is 2.84. The molecule has 1 N–H and O–H groups in total. The predicted molar refractivity (Wildman–Crippen MR) is 64.3 cm³/mol. The van der Waals surface area contributed by atoms with Crippen molar-refractivity contribution in [3.63, 3.8) is 0 Å². The van der Waals surface area contributed by atoms with Gasteiger partial charge in [-0.05, 0) is 19.1 Å². The van der Waals surface area contributed by atoms with Gasteiger partial charge in [0.05, 0.1) is 11.6 Å².